The van der Waals surface area contributed by atoms with Crippen LogP contribution >= 0.6 is 0 Å². The van der Waals surface area contributed by atoms with Crippen LogP contribution in [-0.2, 0) is 7.05 Å². The summed E-state index contributed by atoms with van der Waals surface area (Å²) in [6.45, 7) is 2.15. The van der Waals surface area contributed by atoms with Crippen LogP contribution in [0, 0.1) is 6.92 Å². The van der Waals surface area contributed by atoms with Gasteiger partial charge in [0.2, 0.25) is 0 Å². The highest BCUT2D eigenvalue weighted by Crippen LogP contribution is 2.27. The van der Waals surface area contributed by atoms with E-state index in [1.807, 2.05) is 0 Å². The van der Waals surface area contributed by atoms with Gasteiger partial charge in [-0.25, -0.2) is 0 Å². The van der Waals surface area contributed by atoms with E-state index in [2.05, 4.69) is 96.8 Å². The van der Waals surface area contributed by atoms with Crippen molar-refractivity contribution in [2.75, 3.05) is 19.0 Å². The lowest BCUT2D eigenvalue weighted by molar-refractivity contribution is 0.914. The Kier molecular flexibility index (Phi) is 3.34. The lowest BCUT2D eigenvalue weighted by atomic mass is 10.2. The van der Waals surface area contributed by atoms with Gasteiger partial charge in [-0.1, -0.05) is 0 Å². The number of aromatic nitrogens is 2. The van der Waals surface area contributed by atoms with E-state index >= 15 is 0 Å². The van der Waals surface area contributed by atoms with Crippen LogP contribution in [-0.4, -0.2) is 23.2 Å². The van der Waals surface area contributed by atoms with Crippen LogP contribution in [0.4, 0.5) is 5.69 Å². The largest absolute Gasteiger partial charge is 0.378 e. The van der Waals surface area contributed by atoms with Crippen LogP contribution in [0.3, 0.4) is 0 Å². The smallest absolute Gasteiger partial charge is 0.0696 e. The standard InChI is InChI=1S/C18H21N3/c1-14-7-12-18(17-6-5-13-20(17)4)21(14)16-10-8-15(9-11-16)19(2)3/h5-13H,1-4H3. The van der Waals surface area contributed by atoms with Crippen LogP contribution in [0.15, 0.2) is 54.7 Å². The highest BCUT2D eigenvalue weighted by molar-refractivity contribution is 5.62. The van der Waals surface area contributed by atoms with Crippen molar-refractivity contribution < 1.29 is 0 Å². The van der Waals surface area contributed by atoms with Crippen molar-refractivity contribution in [1.29, 1.82) is 0 Å². The van der Waals surface area contributed by atoms with Crippen LogP contribution in [0.2, 0.25) is 0 Å². The maximum atomic E-state index is 2.30. The van der Waals surface area contributed by atoms with Crippen molar-refractivity contribution >= 4 is 5.69 Å². The predicted molar refractivity (Wildman–Crippen MR) is 89.2 cm³/mol. The van der Waals surface area contributed by atoms with E-state index in [1.165, 1.54) is 28.5 Å². The molecule has 0 radical (unpaired) electrons. The third-order valence-corrected chi connectivity index (χ3v) is 3.91. The lowest BCUT2D eigenvalue weighted by Gasteiger charge is -2.16. The second-order valence-corrected chi connectivity index (χ2v) is 5.61. The molecule has 0 aliphatic heterocycles. The van der Waals surface area contributed by atoms with Crippen molar-refractivity contribution in [3.63, 3.8) is 0 Å². The van der Waals surface area contributed by atoms with E-state index in [0.717, 1.165) is 0 Å². The van der Waals surface area contributed by atoms with Gasteiger partial charge in [0.1, 0.15) is 0 Å². The molecule has 3 nitrogen and oxygen atoms in total. The first kappa shape index (κ1) is 13.6. The number of hydrogen-bond donors (Lipinski definition) is 0. The number of benzene rings is 1. The van der Waals surface area contributed by atoms with E-state index in [4.69, 9.17) is 0 Å². The first-order valence-corrected chi connectivity index (χ1v) is 7.16. The molecule has 0 fully saturated rings. The van der Waals surface area contributed by atoms with Gasteiger partial charge >= 0.3 is 0 Å². The van der Waals surface area contributed by atoms with Crippen molar-refractivity contribution in [2.24, 2.45) is 7.05 Å². The Labute approximate surface area is 126 Å². The second kappa shape index (κ2) is 5.17. The number of aryl methyl sites for hydroxylation is 2. The fraction of sp³-hybridized carbons (Fsp3) is 0.222. The zero-order chi connectivity index (χ0) is 15.0. The van der Waals surface area contributed by atoms with Crippen LogP contribution in [0.25, 0.3) is 17.1 Å². The van der Waals surface area contributed by atoms with Gasteiger partial charge in [0, 0.05) is 44.4 Å². The monoisotopic (exact) mass is 279 g/mol. The lowest BCUT2D eigenvalue weighted by Crippen LogP contribution is -2.08. The molecule has 0 amide bonds. The molecule has 21 heavy (non-hydrogen) atoms. The van der Waals surface area contributed by atoms with Crippen molar-refractivity contribution in [3.05, 3.63) is 60.4 Å². The van der Waals surface area contributed by atoms with E-state index < -0.39 is 0 Å². The Morgan fingerprint density at radius 2 is 1.57 bits per heavy atom. The van der Waals surface area contributed by atoms with Gasteiger partial charge < -0.3 is 14.0 Å². The first-order chi connectivity index (χ1) is 10.1. The summed E-state index contributed by atoms with van der Waals surface area (Å²) in [4.78, 5) is 2.12. The zero-order valence-electron chi connectivity index (χ0n) is 13.0. The molecule has 1 aromatic carbocycles. The Morgan fingerprint density at radius 3 is 2.14 bits per heavy atom. The molecule has 3 rings (SSSR count). The number of anilines is 1. The molecule has 2 heterocycles. The summed E-state index contributed by atoms with van der Waals surface area (Å²) in [6.07, 6.45) is 2.08. The van der Waals surface area contributed by atoms with Gasteiger partial charge in [0.25, 0.3) is 0 Å². The minimum atomic E-state index is 1.19. The number of hydrogen-bond acceptors (Lipinski definition) is 1. The molecular weight excluding hydrogens is 258 g/mol. The summed E-state index contributed by atoms with van der Waals surface area (Å²) in [5.41, 5.74) is 6.09. The summed E-state index contributed by atoms with van der Waals surface area (Å²) < 4.78 is 4.45. The molecule has 0 spiro atoms. The molecule has 0 saturated heterocycles. The van der Waals surface area contributed by atoms with Crippen LogP contribution in [0.1, 0.15) is 5.69 Å². The summed E-state index contributed by atoms with van der Waals surface area (Å²) >= 11 is 0. The third kappa shape index (κ3) is 2.35. The molecular formula is C18H21N3. The minimum Gasteiger partial charge on any atom is -0.378 e. The van der Waals surface area contributed by atoms with Gasteiger partial charge in [-0.3, -0.25) is 0 Å². The molecule has 3 heteroatoms. The van der Waals surface area contributed by atoms with E-state index in [9.17, 15) is 0 Å². The Bertz CT molecular complexity index is 745. The van der Waals surface area contributed by atoms with Gasteiger partial charge in [-0.15, -0.1) is 0 Å². The predicted octanol–water partition coefficient (Wildman–Crippen LogP) is 3.86. The molecule has 0 N–H and O–H groups in total. The molecule has 0 aliphatic carbocycles. The summed E-state index contributed by atoms with van der Waals surface area (Å²) in [5, 5.41) is 0. The van der Waals surface area contributed by atoms with Crippen LogP contribution < -0.4 is 4.90 Å². The Balaban J connectivity index is 2.10. The number of rotatable bonds is 3. The molecule has 108 valence electrons. The average molecular weight is 279 g/mol. The average Bonchev–Trinajstić information content (AvgIpc) is 3.04. The zero-order valence-corrected chi connectivity index (χ0v) is 13.0. The highest BCUT2D eigenvalue weighted by atomic mass is 15.1. The molecule has 0 saturated carbocycles. The first-order valence-electron chi connectivity index (χ1n) is 7.16. The third-order valence-electron chi connectivity index (χ3n) is 3.91. The van der Waals surface area contributed by atoms with E-state index in [-0.39, 0.29) is 0 Å². The molecule has 0 aliphatic rings. The normalized spacial score (nSPS) is 10.9. The molecule has 2 aromatic heterocycles. The van der Waals surface area contributed by atoms with Crippen molar-refractivity contribution in [1.82, 2.24) is 9.13 Å². The van der Waals surface area contributed by atoms with Gasteiger partial charge in [-0.2, -0.15) is 0 Å². The topological polar surface area (TPSA) is 13.1 Å². The maximum Gasteiger partial charge on any atom is 0.0696 e. The summed E-state index contributed by atoms with van der Waals surface area (Å²) in [6, 6.07) is 17.2. The summed E-state index contributed by atoms with van der Waals surface area (Å²) in [5.74, 6) is 0. The van der Waals surface area contributed by atoms with Gasteiger partial charge in [0.05, 0.1) is 11.4 Å². The SMILES string of the molecule is Cc1ccc(-c2cccn2C)n1-c1ccc(N(C)C)cc1. The van der Waals surface area contributed by atoms with Gasteiger partial charge in [0.15, 0.2) is 0 Å². The molecule has 3 aromatic rings. The molecule has 0 unspecified atom stereocenters. The van der Waals surface area contributed by atoms with E-state index in [1.54, 1.807) is 0 Å². The second-order valence-electron chi connectivity index (χ2n) is 5.61. The van der Waals surface area contributed by atoms with Crippen molar-refractivity contribution in [2.45, 2.75) is 6.92 Å². The van der Waals surface area contributed by atoms with Crippen LogP contribution in [0.5, 0.6) is 0 Å². The molecule has 0 atom stereocenters. The fourth-order valence-electron chi connectivity index (χ4n) is 2.71. The maximum absolute atomic E-state index is 2.30. The highest BCUT2D eigenvalue weighted by Gasteiger charge is 2.11. The number of nitrogens with zero attached hydrogens (tertiary/aromatic N) is 3. The van der Waals surface area contributed by atoms with E-state index in [0.29, 0.717) is 0 Å². The Morgan fingerprint density at radius 1 is 0.857 bits per heavy atom. The van der Waals surface area contributed by atoms with Crippen molar-refractivity contribution in [3.8, 4) is 17.1 Å². The quantitative estimate of drug-likeness (QED) is 0.709. The Hall–Kier alpha value is -2.42. The molecule has 0 bridgehead atoms. The fourth-order valence-corrected chi connectivity index (χ4v) is 2.71. The van der Waals surface area contributed by atoms with Gasteiger partial charge in [-0.05, 0) is 55.5 Å². The summed E-state index contributed by atoms with van der Waals surface area (Å²) in [7, 11) is 6.20. The minimum absolute atomic E-state index is 1.19.